The Bertz CT molecular complexity index is 1190. The van der Waals surface area contributed by atoms with E-state index in [-0.39, 0.29) is 35.0 Å². The fraction of sp³-hybridized carbons (Fsp3) is 0.833. The van der Waals surface area contributed by atoms with E-state index in [1.807, 2.05) is 6.92 Å². The third-order valence-corrected chi connectivity index (χ3v) is 13.3. The second-order valence-electron chi connectivity index (χ2n) is 16.1. The van der Waals surface area contributed by atoms with E-state index in [4.69, 9.17) is 16.2 Å². The summed E-state index contributed by atoms with van der Waals surface area (Å²) in [5.41, 5.74) is 8.46. The Morgan fingerprint density at radius 3 is 2.13 bits per heavy atom. The minimum absolute atomic E-state index is 0.0349. The highest BCUT2D eigenvalue weighted by Gasteiger charge is 2.75. The molecule has 1 aromatic carbocycles. The highest BCUT2D eigenvalue weighted by Crippen LogP contribution is 2.69. The van der Waals surface area contributed by atoms with Crippen LogP contribution >= 0.6 is 0 Å². The lowest BCUT2D eigenvalue weighted by atomic mass is 9.44. The van der Waals surface area contributed by atoms with Gasteiger partial charge in [0.25, 0.3) is 0 Å². The Morgan fingerprint density at radius 1 is 0.822 bits per heavy atom. The summed E-state index contributed by atoms with van der Waals surface area (Å²) in [4.78, 5) is 0. The van der Waals surface area contributed by atoms with Gasteiger partial charge in [-0.1, -0.05) is 60.3 Å². The topological polar surface area (TPSA) is 61.3 Å². The molecule has 0 spiro atoms. The van der Waals surface area contributed by atoms with Gasteiger partial charge < -0.3 is 16.2 Å². The van der Waals surface area contributed by atoms with Gasteiger partial charge in [0, 0.05) is 16.9 Å². The largest absolute Gasteiger partial charge is 0.426 e. The van der Waals surface area contributed by atoms with E-state index >= 15 is 26.3 Å². The molecule has 45 heavy (non-hydrogen) atoms. The molecule has 0 bridgehead atoms. The number of ether oxygens (including phenoxy) is 1. The number of hydrogen-bond donors (Lipinski definition) is 2. The fourth-order valence-electron chi connectivity index (χ4n) is 11.0. The van der Waals surface area contributed by atoms with Gasteiger partial charge >= 0.3 is 18.0 Å². The lowest BCUT2D eigenvalue weighted by Crippen LogP contribution is -2.62. The molecule has 1 aromatic rings. The van der Waals surface area contributed by atoms with Gasteiger partial charge in [-0.3, -0.25) is 0 Å². The van der Waals surface area contributed by atoms with Crippen LogP contribution in [0.2, 0.25) is 0 Å². The smallest absolute Gasteiger partial charge is 0.399 e. The average Bonchev–Trinajstić information content (AvgIpc) is 3.29. The summed E-state index contributed by atoms with van der Waals surface area (Å²) >= 11 is 0. The SMILES string of the molecule is CC(C)CCC[C@@H](C)[C@H]1CC[C@H]2[C@@H]3CCC4CCCC(OC(F)(F)C(F)(F)C(F)(F)c5cc(N)cc(N)c5)[C@]4(C)[C@H]3CC[C@]12C. The van der Waals surface area contributed by atoms with Gasteiger partial charge in [0.2, 0.25) is 0 Å². The molecule has 9 heteroatoms. The van der Waals surface area contributed by atoms with E-state index < -0.39 is 35.0 Å². The molecule has 4 N–H and O–H groups in total. The van der Waals surface area contributed by atoms with Crippen molar-refractivity contribution in [2.24, 2.45) is 52.3 Å². The van der Waals surface area contributed by atoms with Crippen molar-refractivity contribution in [3.8, 4) is 0 Å². The number of benzene rings is 1. The second-order valence-corrected chi connectivity index (χ2v) is 16.1. The zero-order valence-corrected chi connectivity index (χ0v) is 27.7. The first-order chi connectivity index (χ1) is 20.9. The molecule has 4 fully saturated rings. The predicted octanol–water partition coefficient (Wildman–Crippen LogP) is 10.7. The number of nitrogens with two attached hydrogens (primary N) is 2. The van der Waals surface area contributed by atoms with E-state index in [1.165, 1.54) is 25.7 Å². The summed E-state index contributed by atoms with van der Waals surface area (Å²) in [7, 11) is 0. The number of anilines is 2. The van der Waals surface area contributed by atoms with Crippen molar-refractivity contribution < 1.29 is 31.1 Å². The van der Waals surface area contributed by atoms with Crippen molar-refractivity contribution in [1.29, 1.82) is 0 Å². The molecule has 256 valence electrons. The monoisotopic (exact) mass is 644 g/mol. The van der Waals surface area contributed by atoms with Crippen molar-refractivity contribution in [3.05, 3.63) is 23.8 Å². The summed E-state index contributed by atoms with van der Waals surface area (Å²) in [5, 5.41) is 0. The number of alkyl halides is 6. The van der Waals surface area contributed by atoms with E-state index in [2.05, 4.69) is 27.7 Å². The molecule has 0 aromatic heterocycles. The zero-order valence-electron chi connectivity index (χ0n) is 27.7. The third-order valence-electron chi connectivity index (χ3n) is 13.3. The van der Waals surface area contributed by atoms with Crippen LogP contribution in [0.4, 0.5) is 37.7 Å². The van der Waals surface area contributed by atoms with Gasteiger partial charge in [0.15, 0.2) is 0 Å². The Balaban J connectivity index is 1.38. The number of fused-ring (bicyclic) bond motifs is 5. The van der Waals surface area contributed by atoms with Crippen LogP contribution in [-0.2, 0) is 10.7 Å². The van der Waals surface area contributed by atoms with Gasteiger partial charge in [-0.25, -0.2) is 0 Å². The maximum Gasteiger partial charge on any atom is 0.426 e. The summed E-state index contributed by atoms with van der Waals surface area (Å²) < 4.78 is 97.3. The molecule has 5 rings (SSSR count). The van der Waals surface area contributed by atoms with Crippen molar-refractivity contribution in [1.82, 2.24) is 0 Å². The zero-order chi connectivity index (χ0) is 33.2. The van der Waals surface area contributed by atoms with Crippen LogP contribution in [-0.4, -0.2) is 18.1 Å². The van der Waals surface area contributed by atoms with Crippen molar-refractivity contribution >= 4 is 11.4 Å². The molecule has 0 heterocycles. The van der Waals surface area contributed by atoms with E-state index in [0.29, 0.717) is 48.1 Å². The van der Waals surface area contributed by atoms with Crippen LogP contribution in [0.5, 0.6) is 0 Å². The average molecular weight is 645 g/mol. The fourth-order valence-corrected chi connectivity index (χ4v) is 11.0. The highest BCUT2D eigenvalue weighted by atomic mass is 19.3. The van der Waals surface area contributed by atoms with E-state index in [1.54, 1.807) is 0 Å². The van der Waals surface area contributed by atoms with Crippen LogP contribution in [0, 0.1) is 52.3 Å². The van der Waals surface area contributed by atoms with Crippen LogP contribution in [0.15, 0.2) is 18.2 Å². The molecule has 0 saturated heterocycles. The maximum absolute atomic E-state index is 15.6. The quantitative estimate of drug-likeness (QED) is 0.197. The molecule has 0 aliphatic heterocycles. The molecule has 4 aliphatic carbocycles. The van der Waals surface area contributed by atoms with Gasteiger partial charge in [0.1, 0.15) is 0 Å². The van der Waals surface area contributed by atoms with E-state index in [9.17, 15) is 0 Å². The highest BCUT2D eigenvalue weighted by molar-refractivity contribution is 5.55. The van der Waals surface area contributed by atoms with Crippen molar-refractivity contribution in [2.75, 3.05) is 11.5 Å². The Morgan fingerprint density at radius 2 is 1.49 bits per heavy atom. The minimum Gasteiger partial charge on any atom is -0.399 e. The first-order valence-electron chi connectivity index (χ1n) is 17.3. The third kappa shape index (κ3) is 5.77. The molecule has 0 radical (unpaired) electrons. The molecule has 2 unspecified atom stereocenters. The second kappa shape index (κ2) is 12.1. The lowest BCUT2D eigenvalue weighted by molar-refractivity contribution is -0.424. The van der Waals surface area contributed by atoms with Gasteiger partial charge in [-0.15, -0.1) is 0 Å². The first-order valence-corrected chi connectivity index (χ1v) is 17.3. The van der Waals surface area contributed by atoms with Crippen LogP contribution in [0.1, 0.15) is 117 Å². The van der Waals surface area contributed by atoms with Crippen LogP contribution < -0.4 is 11.5 Å². The van der Waals surface area contributed by atoms with Crippen LogP contribution in [0.3, 0.4) is 0 Å². The van der Waals surface area contributed by atoms with Crippen molar-refractivity contribution in [2.45, 2.75) is 136 Å². The molecular weight excluding hydrogens is 590 g/mol. The maximum atomic E-state index is 15.6. The number of rotatable bonds is 10. The number of halogens is 6. The normalized spacial score (nSPS) is 36.4. The van der Waals surface area contributed by atoms with E-state index in [0.717, 1.165) is 44.6 Å². The molecular formula is C36H54F6N2O. The Hall–Kier alpha value is -1.64. The molecule has 0 amide bonds. The number of hydrogen-bond acceptors (Lipinski definition) is 3. The van der Waals surface area contributed by atoms with Gasteiger partial charge in [-0.2, -0.15) is 26.3 Å². The molecule has 4 aliphatic rings. The minimum atomic E-state index is -5.83. The summed E-state index contributed by atoms with van der Waals surface area (Å²) in [6.07, 6.45) is 4.45. The van der Waals surface area contributed by atoms with Gasteiger partial charge in [-0.05, 0) is 122 Å². The molecule has 9 atom stereocenters. The number of nitrogen functional groups attached to an aromatic ring is 2. The lowest BCUT2D eigenvalue weighted by Gasteiger charge is -2.63. The van der Waals surface area contributed by atoms with Crippen molar-refractivity contribution in [3.63, 3.8) is 0 Å². The Labute approximate surface area is 265 Å². The summed E-state index contributed by atoms with van der Waals surface area (Å²) in [5.74, 6) is -8.34. The standard InChI is InChI=1S/C36H54F6N2O/c1-21(2)8-6-9-22(3)28-14-15-29-27-13-12-23-10-7-11-31(33(23,5)30(27)16-17-32(28,29)4)45-36(41,42)35(39,40)34(37,38)24-18-25(43)20-26(44)19-24/h18-23,27-31H,6-17,43-44H2,1-5H3/t22-,23?,27+,28-,29+,30+,31?,32-,33+/m1/s1. The summed E-state index contributed by atoms with van der Waals surface area (Å²) in [6.45, 7) is 11.3. The Kier molecular flexibility index (Phi) is 9.33. The summed E-state index contributed by atoms with van der Waals surface area (Å²) in [6, 6.07) is 2.22. The van der Waals surface area contributed by atoms with Crippen LogP contribution in [0.25, 0.3) is 0 Å². The predicted molar refractivity (Wildman–Crippen MR) is 167 cm³/mol. The first kappa shape index (κ1) is 34.7. The molecule has 3 nitrogen and oxygen atoms in total. The van der Waals surface area contributed by atoms with Gasteiger partial charge in [0.05, 0.1) is 6.10 Å². The molecule has 4 saturated carbocycles.